The number of benzene rings is 1. The Kier molecular flexibility index (Phi) is 4.99. The molecule has 30 heavy (non-hydrogen) atoms. The highest BCUT2D eigenvalue weighted by Crippen LogP contribution is 2.55. The zero-order valence-corrected chi connectivity index (χ0v) is 17.5. The summed E-state index contributed by atoms with van der Waals surface area (Å²) in [5.41, 5.74) is 0.646. The molecule has 1 heterocycles. The van der Waals surface area contributed by atoms with Crippen molar-refractivity contribution in [1.29, 1.82) is 0 Å². The molecule has 3 N–H and O–H groups in total. The van der Waals surface area contributed by atoms with Crippen LogP contribution in [0.25, 0.3) is 0 Å². The van der Waals surface area contributed by atoms with E-state index in [1.807, 2.05) is 18.2 Å². The largest absolute Gasteiger partial charge is 0.490 e. The number of amides is 3. The lowest BCUT2D eigenvalue weighted by Gasteiger charge is -2.56. The molecule has 6 rings (SSSR count). The molecule has 1 aromatic rings. The molecule has 7 nitrogen and oxygen atoms in total. The lowest BCUT2D eigenvalue weighted by Crippen LogP contribution is -2.62. The van der Waals surface area contributed by atoms with Gasteiger partial charge in [-0.05, 0) is 75.3 Å². The predicted molar refractivity (Wildman–Crippen MR) is 113 cm³/mol. The topological polar surface area (TPSA) is 88.7 Å². The molecule has 0 radical (unpaired) electrons. The van der Waals surface area contributed by atoms with Gasteiger partial charge in [0.1, 0.15) is 6.04 Å². The minimum Gasteiger partial charge on any atom is -0.490 e. The lowest BCUT2D eigenvalue weighted by atomic mass is 9.53. The van der Waals surface area contributed by atoms with Crippen LogP contribution in [-0.4, -0.2) is 36.7 Å². The Labute approximate surface area is 177 Å². The van der Waals surface area contributed by atoms with Crippen molar-refractivity contribution in [2.24, 2.45) is 17.8 Å². The number of rotatable bonds is 4. The minimum atomic E-state index is -0.558. The molecule has 0 aromatic heterocycles. The van der Waals surface area contributed by atoms with Gasteiger partial charge in [0, 0.05) is 23.7 Å². The van der Waals surface area contributed by atoms with Crippen molar-refractivity contribution in [3.8, 4) is 11.5 Å². The Hall–Kier alpha value is -2.44. The van der Waals surface area contributed by atoms with Crippen molar-refractivity contribution in [2.45, 2.75) is 63.5 Å². The molecule has 7 heteroatoms. The van der Waals surface area contributed by atoms with Crippen molar-refractivity contribution < 1.29 is 19.1 Å². The predicted octanol–water partition coefficient (Wildman–Crippen LogP) is 3.44. The van der Waals surface area contributed by atoms with Crippen LogP contribution in [0, 0.1) is 17.8 Å². The van der Waals surface area contributed by atoms with Gasteiger partial charge in [0.05, 0.1) is 13.2 Å². The van der Waals surface area contributed by atoms with E-state index in [1.165, 1.54) is 19.3 Å². The van der Waals surface area contributed by atoms with Crippen LogP contribution in [0.5, 0.6) is 11.5 Å². The summed E-state index contributed by atoms with van der Waals surface area (Å²) in [6, 6.07) is 4.60. The molecule has 4 bridgehead atoms. The molecule has 4 saturated carbocycles. The summed E-state index contributed by atoms with van der Waals surface area (Å²) in [6.45, 7) is 2.99. The SMILES string of the molecule is C[C@H](Nc1ccc2c(c1)OCCCO2)C(=O)NC(=O)NC12CC3CC(CC(C3)C1)C2. The second kappa shape index (κ2) is 7.67. The second-order valence-electron chi connectivity index (χ2n) is 9.72. The second-order valence-corrected chi connectivity index (χ2v) is 9.72. The molecular weight excluding hydrogens is 382 g/mol. The van der Waals surface area contributed by atoms with Gasteiger partial charge in [0.15, 0.2) is 11.5 Å². The van der Waals surface area contributed by atoms with Crippen LogP contribution in [0.4, 0.5) is 10.5 Å². The van der Waals surface area contributed by atoms with E-state index in [2.05, 4.69) is 16.0 Å². The number of imide groups is 1. The minimum absolute atomic E-state index is 0.107. The van der Waals surface area contributed by atoms with Crippen LogP contribution in [0.1, 0.15) is 51.9 Å². The highest BCUT2D eigenvalue weighted by molar-refractivity contribution is 5.98. The van der Waals surface area contributed by atoms with Gasteiger partial charge >= 0.3 is 6.03 Å². The third kappa shape index (κ3) is 3.94. The van der Waals surface area contributed by atoms with Crippen LogP contribution in [-0.2, 0) is 4.79 Å². The van der Waals surface area contributed by atoms with Crippen LogP contribution < -0.4 is 25.4 Å². The maximum atomic E-state index is 12.6. The highest BCUT2D eigenvalue weighted by Gasteiger charge is 2.51. The molecule has 5 aliphatic rings. The number of fused-ring (bicyclic) bond motifs is 1. The van der Waals surface area contributed by atoms with Crippen LogP contribution in [0.3, 0.4) is 0 Å². The highest BCUT2D eigenvalue weighted by atomic mass is 16.5. The number of carbonyl (C=O) groups excluding carboxylic acids is 2. The number of ether oxygens (including phenoxy) is 2. The van der Waals surface area contributed by atoms with E-state index in [0.29, 0.717) is 24.7 Å². The van der Waals surface area contributed by atoms with E-state index in [4.69, 9.17) is 9.47 Å². The third-order valence-corrected chi connectivity index (χ3v) is 7.18. The first-order chi connectivity index (χ1) is 14.5. The summed E-state index contributed by atoms with van der Waals surface area (Å²) in [7, 11) is 0. The zero-order valence-electron chi connectivity index (χ0n) is 17.5. The maximum Gasteiger partial charge on any atom is 0.321 e. The van der Waals surface area contributed by atoms with E-state index >= 15 is 0 Å². The van der Waals surface area contributed by atoms with Crippen molar-refractivity contribution in [3.05, 3.63) is 18.2 Å². The van der Waals surface area contributed by atoms with Gasteiger partial charge in [-0.2, -0.15) is 0 Å². The summed E-state index contributed by atoms with van der Waals surface area (Å²) >= 11 is 0. The summed E-state index contributed by atoms with van der Waals surface area (Å²) in [5.74, 6) is 3.27. The Bertz CT molecular complexity index is 804. The summed E-state index contributed by atoms with van der Waals surface area (Å²) in [4.78, 5) is 25.2. The number of hydrogen-bond acceptors (Lipinski definition) is 5. The Morgan fingerprint density at radius 3 is 2.30 bits per heavy atom. The zero-order chi connectivity index (χ0) is 20.7. The van der Waals surface area contributed by atoms with E-state index in [9.17, 15) is 9.59 Å². The number of carbonyl (C=O) groups is 2. The van der Waals surface area contributed by atoms with Crippen LogP contribution >= 0.6 is 0 Å². The van der Waals surface area contributed by atoms with Crippen LogP contribution in [0.15, 0.2) is 18.2 Å². The molecule has 4 aliphatic carbocycles. The van der Waals surface area contributed by atoms with E-state index in [0.717, 1.165) is 49.1 Å². The molecular formula is C23H31N3O4. The first-order valence-corrected chi connectivity index (χ1v) is 11.3. The van der Waals surface area contributed by atoms with E-state index < -0.39 is 6.04 Å². The quantitative estimate of drug-likeness (QED) is 0.704. The van der Waals surface area contributed by atoms with E-state index in [1.54, 1.807) is 6.92 Å². The van der Waals surface area contributed by atoms with Crippen molar-refractivity contribution in [1.82, 2.24) is 10.6 Å². The molecule has 3 amide bonds. The molecule has 1 atom stereocenters. The Morgan fingerprint density at radius 2 is 1.63 bits per heavy atom. The standard InChI is InChI=1S/C23H31N3O4/c1-14(24-18-3-4-19-20(10-18)30-6-2-5-29-19)21(27)25-22(28)26-23-11-15-7-16(12-23)9-17(8-15)13-23/h3-4,10,14-17,24H,2,5-9,11-13H2,1H3,(H2,25,26,27,28)/t14-,15?,16?,17?,23?/m0/s1. The molecule has 4 fully saturated rings. The number of urea groups is 1. The lowest BCUT2D eigenvalue weighted by molar-refractivity contribution is -0.120. The molecule has 162 valence electrons. The van der Waals surface area contributed by atoms with Crippen LogP contribution in [0.2, 0.25) is 0 Å². The molecule has 0 spiro atoms. The fourth-order valence-corrected chi connectivity index (χ4v) is 6.32. The molecule has 0 saturated heterocycles. The summed E-state index contributed by atoms with van der Waals surface area (Å²) in [6.07, 6.45) is 7.98. The van der Waals surface area contributed by atoms with Crippen molar-refractivity contribution in [3.63, 3.8) is 0 Å². The average molecular weight is 414 g/mol. The monoisotopic (exact) mass is 413 g/mol. The first-order valence-electron chi connectivity index (χ1n) is 11.3. The van der Waals surface area contributed by atoms with Crippen molar-refractivity contribution in [2.75, 3.05) is 18.5 Å². The summed E-state index contributed by atoms with van der Waals surface area (Å²) in [5, 5.41) is 8.88. The normalized spacial score (nSPS) is 32.1. The van der Waals surface area contributed by atoms with Gasteiger partial charge in [0.2, 0.25) is 5.91 Å². The molecule has 0 unspecified atom stereocenters. The van der Waals surface area contributed by atoms with Gasteiger partial charge < -0.3 is 20.1 Å². The maximum absolute atomic E-state index is 12.6. The van der Waals surface area contributed by atoms with Gasteiger partial charge in [-0.3, -0.25) is 10.1 Å². The van der Waals surface area contributed by atoms with Crippen molar-refractivity contribution >= 4 is 17.6 Å². The number of hydrogen-bond donors (Lipinski definition) is 3. The first kappa shape index (κ1) is 19.5. The summed E-state index contributed by atoms with van der Waals surface area (Å²) < 4.78 is 11.3. The number of nitrogens with one attached hydrogen (secondary N) is 3. The van der Waals surface area contributed by atoms with Gasteiger partial charge in [0.25, 0.3) is 0 Å². The number of anilines is 1. The average Bonchev–Trinajstić information content (AvgIpc) is 2.91. The van der Waals surface area contributed by atoms with Gasteiger partial charge in [-0.1, -0.05) is 0 Å². The van der Waals surface area contributed by atoms with Gasteiger partial charge in [-0.25, -0.2) is 4.79 Å². The third-order valence-electron chi connectivity index (χ3n) is 7.18. The Balaban J connectivity index is 1.16. The van der Waals surface area contributed by atoms with E-state index in [-0.39, 0.29) is 17.5 Å². The van der Waals surface area contributed by atoms with Gasteiger partial charge in [-0.15, -0.1) is 0 Å². The smallest absolute Gasteiger partial charge is 0.321 e. The fraction of sp³-hybridized carbons (Fsp3) is 0.652. The fourth-order valence-electron chi connectivity index (χ4n) is 6.32. The molecule has 1 aromatic carbocycles. The molecule has 1 aliphatic heterocycles. The Morgan fingerprint density at radius 1 is 1.00 bits per heavy atom.